The van der Waals surface area contributed by atoms with Crippen LogP contribution in [0.2, 0.25) is 0 Å². The molecule has 4 heteroatoms. The van der Waals surface area contributed by atoms with Crippen molar-refractivity contribution in [1.82, 2.24) is 20.0 Å². The first-order chi connectivity index (χ1) is 9.89. The summed E-state index contributed by atoms with van der Waals surface area (Å²) in [6.07, 6.45) is 2.41. The van der Waals surface area contributed by atoms with Crippen LogP contribution in [0.3, 0.4) is 0 Å². The molecule has 1 N–H and O–H groups in total. The molecular formula is C17H32N4. The summed E-state index contributed by atoms with van der Waals surface area (Å²) in [6.45, 7) is 14.6. The van der Waals surface area contributed by atoms with E-state index in [4.69, 9.17) is 0 Å². The van der Waals surface area contributed by atoms with E-state index in [9.17, 15) is 0 Å². The standard InChI is InChI=1S/C17H32N4/c1-7-13(3)16-11-21(17(5,8-2)12-18-16)10-15-9-14(4)19-20(15)6/h9,13,16,18H,7-8,10-12H2,1-6H3. The lowest BCUT2D eigenvalue weighted by molar-refractivity contribution is 0.0275. The number of aryl methyl sites for hydroxylation is 2. The molecule has 0 saturated carbocycles. The Morgan fingerprint density at radius 2 is 2.19 bits per heavy atom. The molecule has 0 aromatic carbocycles. The smallest absolute Gasteiger partial charge is 0.0597 e. The molecule has 1 aromatic heterocycles. The predicted octanol–water partition coefficient (Wildman–Crippen LogP) is 2.72. The van der Waals surface area contributed by atoms with E-state index in [2.05, 4.69) is 63.0 Å². The minimum Gasteiger partial charge on any atom is -0.311 e. The molecule has 3 unspecified atom stereocenters. The lowest BCUT2D eigenvalue weighted by atomic mass is 9.88. The number of nitrogens with zero attached hydrogens (tertiary/aromatic N) is 3. The van der Waals surface area contributed by atoms with Crippen LogP contribution in [0.15, 0.2) is 6.07 Å². The van der Waals surface area contributed by atoms with Crippen LogP contribution in [0.4, 0.5) is 0 Å². The number of aromatic nitrogens is 2. The van der Waals surface area contributed by atoms with Gasteiger partial charge in [-0.2, -0.15) is 5.10 Å². The summed E-state index contributed by atoms with van der Waals surface area (Å²) in [5, 5.41) is 8.28. The molecule has 1 saturated heterocycles. The van der Waals surface area contributed by atoms with Gasteiger partial charge in [0.15, 0.2) is 0 Å². The van der Waals surface area contributed by atoms with Gasteiger partial charge in [-0.1, -0.05) is 27.2 Å². The van der Waals surface area contributed by atoms with Crippen LogP contribution in [-0.2, 0) is 13.6 Å². The van der Waals surface area contributed by atoms with Gasteiger partial charge in [-0.05, 0) is 32.3 Å². The molecule has 2 rings (SSSR count). The van der Waals surface area contributed by atoms with E-state index in [0.29, 0.717) is 6.04 Å². The Morgan fingerprint density at radius 1 is 1.48 bits per heavy atom. The summed E-state index contributed by atoms with van der Waals surface area (Å²) < 4.78 is 2.03. The monoisotopic (exact) mass is 292 g/mol. The van der Waals surface area contributed by atoms with Crippen molar-refractivity contribution < 1.29 is 0 Å². The maximum absolute atomic E-state index is 4.49. The molecule has 1 fully saturated rings. The lowest BCUT2D eigenvalue weighted by Gasteiger charge is -2.49. The maximum Gasteiger partial charge on any atom is 0.0597 e. The van der Waals surface area contributed by atoms with E-state index in [1.165, 1.54) is 18.5 Å². The van der Waals surface area contributed by atoms with Gasteiger partial charge in [-0.25, -0.2) is 0 Å². The van der Waals surface area contributed by atoms with Crippen LogP contribution < -0.4 is 5.32 Å². The van der Waals surface area contributed by atoms with E-state index < -0.39 is 0 Å². The van der Waals surface area contributed by atoms with Crippen LogP contribution >= 0.6 is 0 Å². The fourth-order valence-electron chi connectivity index (χ4n) is 3.26. The normalized spacial score (nSPS) is 28.8. The summed E-state index contributed by atoms with van der Waals surface area (Å²) in [5.41, 5.74) is 2.67. The van der Waals surface area contributed by atoms with E-state index in [0.717, 1.165) is 31.2 Å². The van der Waals surface area contributed by atoms with Gasteiger partial charge in [0.2, 0.25) is 0 Å². The fourth-order valence-corrected chi connectivity index (χ4v) is 3.26. The van der Waals surface area contributed by atoms with Gasteiger partial charge in [-0.15, -0.1) is 0 Å². The van der Waals surface area contributed by atoms with Gasteiger partial charge in [0.25, 0.3) is 0 Å². The molecular weight excluding hydrogens is 260 g/mol. The van der Waals surface area contributed by atoms with Gasteiger partial charge >= 0.3 is 0 Å². The Balaban J connectivity index is 2.16. The van der Waals surface area contributed by atoms with E-state index >= 15 is 0 Å². The molecule has 0 aliphatic carbocycles. The average molecular weight is 292 g/mol. The maximum atomic E-state index is 4.49. The van der Waals surface area contributed by atoms with Crippen molar-refractivity contribution in [2.45, 2.75) is 65.6 Å². The van der Waals surface area contributed by atoms with Gasteiger partial charge in [0.05, 0.1) is 11.4 Å². The molecule has 0 bridgehead atoms. The van der Waals surface area contributed by atoms with Crippen molar-refractivity contribution in [2.75, 3.05) is 13.1 Å². The summed E-state index contributed by atoms with van der Waals surface area (Å²) in [5.74, 6) is 0.724. The third-order valence-corrected chi connectivity index (χ3v) is 5.47. The van der Waals surface area contributed by atoms with Gasteiger partial charge in [-0.3, -0.25) is 9.58 Å². The van der Waals surface area contributed by atoms with Crippen molar-refractivity contribution in [1.29, 1.82) is 0 Å². The van der Waals surface area contributed by atoms with Crippen LogP contribution in [0.1, 0.15) is 51.9 Å². The molecule has 0 amide bonds. The molecule has 2 heterocycles. The van der Waals surface area contributed by atoms with Crippen LogP contribution in [-0.4, -0.2) is 39.4 Å². The predicted molar refractivity (Wildman–Crippen MR) is 88.3 cm³/mol. The number of hydrogen-bond donors (Lipinski definition) is 1. The second-order valence-electron chi connectivity index (χ2n) is 7.00. The van der Waals surface area contributed by atoms with Crippen molar-refractivity contribution in [2.24, 2.45) is 13.0 Å². The first-order valence-electron chi connectivity index (χ1n) is 8.37. The zero-order valence-corrected chi connectivity index (χ0v) is 14.6. The summed E-state index contributed by atoms with van der Waals surface area (Å²) in [7, 11) is 2.06. The van der Waals surface area contributed by atoms with Crippen molar-refractivity contribution in [3.05, 3.63) is 17.5 Å². The average Bonchev–Trinajstić information content (AvgIpc) is 2.78. The summed E-state index contributed by atoms with van der Waals surface area (Å²) in [4.78, 5) is 2.66. The highest BCUT2D eigenvalue weighted by molar-refractivity contribution is 5.10. The van der Waals surface area contributed by atoms with E-state index in [1.807, 2.05) is 4.68 Å². The molecule has 0 spiro atoms. The number of nitrogens with one attached hydrogen (secondary N) is 1. The number of hydrogen-bond acceptors (Lipinski definition) is 3. The van der Waals surface area contributed by atoms with E-state index in [-0.39, 0.29) is 5.54 Å². The summed E-state index contributed by atoms with van der Waals surface area (Å²) >= 11 is 0. The van der Waals surface area contributed by atoms with Gasteiger partial charge < -0.3 is 5.32 Å². The highest BCUT2D eigenvalue weighted by Crippen LogP contribution is 2.27. The molecule has 21 heavy (non-hydrogen) atoms. The van der Waals surface area contributed by atoms with E-state index in [1.54, 1.807) is 0 Å². The molecule has 120 valence electrons. The Kier molecular flexibility index (Phi) is 5.10. The number of piperazine rings is 1. The zero-order chi connectivity index (χ0) is 15.6. The topological polar surface area (TPSA) is 33.1 Å². The zero-order valence-electron chi connectivity index (χ0n) is 14.6. The van der Waals surface area contributed by atoms with Crippen LogP contribution in [0.5, 0.6) is 0 Å². The third kappa shape index (κ3) is 3.49. The molecule has 0 radical (unpaired) electrons. The number of rotatable bonds is 5. The summed E-state index contributed by atoms with van der Waals surface area (Å²) in [6, 6.07) is 2.82. The van der Waals surface area contributed by atoms with Crippen molar-refractivity contribution >= 4 is 0 Å². The SMILES string of the molecule is CCC(C)C1CN(Cc2cc(C)nn2C)C(C)(CC)CN1. The molecule has 1 aromatic rings. The quantitative estimate of drug-likeness (QED) is 0.906. The lowest BCUT2D eigenvalue weighted by Crippen LogP contribution is -2.64. The largest absolute Gasteiger partial charge is 0.311 e. The Hall–Kier alpha value is -0.870. The van der Waals surface area contributed by atoms with Crippen molar-refractivity contribution in [3.63, 3.8) is 0 Å². The second-order valence-corrected chi connectivity index (χ2v) is 7.00. The Bertz CT molecular complexity index is 467. The molecule has 1 aliphatic rings. The molecule has 1 aliphatic heterocycles. The molecule has 4 nitrogen and oxygen atoms in total. The van der Waals surface area contributed by atoms with Gasteiger partial charge in [0, 0.05) is 38.3 Å². The fraction of sp³-hybridized carbons (Fsp3) is 0.824. The highest BCUT2D eigenvalue weighted by atomic mass is 15.3. The third-order valence-electron chi connectivity index (χ3n) is 5.47. The Labute approximate surface area is 129 Å². The second kappa shape index (κ2) is 6.49. The first kappa shape index (κ1) is 16.5. The first-order valence-corrected chi connectivity index (χ1v) is 8.37. The van der Waals surface area contributed by atoms with Crippen molar-refractivity contribution in [3.8, 4) is 0 Å². The Morgan fingerprint density at radius 3 is 2.71 bits per heavy atom. The van der Waals surface area contributed by atoms with Gasteiger partial charge in [0.1, 0.15) is 0 Å². The highest BCUT2D eigenvalue weighted by Gasteiger charge is 2.37. The minimum absolute atomic E-state index is 0.238. The van der Waals surface area contributed by atoms with Crippen LogP contribution in [0, 0.1) is 12.8 Å². The minimum atomic E-state index is 0.238. The van der Waals surface area contributed by atoms with Crippen LogP contribution in [0.25, 0.3) is 0 Å². The molecule has 3 atom stereocenters.